The van der Waals surface area contributed by atoms with Gasteiger partial charge < -0.3 is 4.90 Å². The predicted octanol–water partition coefficient (Wildman–Crippen LogP) is 1.94. The lowest BCUT2D eigenvalue weighted by Crippen LogP contribution is -2.28. The second-order valence-electron chi connectivity index (χ2n) is 5.83. The first-order chi connectivity index (χ1) is 10.6. The average Bonchev–Trinajstić information content (AvgIpc) is 3.15. The van der Waals surface area contributed by atoms with E-state index in [0.29, 0.717) is 12.1 Å². The summed E-state index contributed by atoms with van der Waals surface area (Å²) in [6.07, 6.45) is 4.37. The number of aryl methyl sites for hydroxylation is 3. The first-order valence-corrected chi connectivity index (χ1v) is 7.70. The van der Waals surface area contributed by atoms with Crippen LogP contribution in [0.25, 0.3) is 0 Å². The van der Waals surface area contributed by atoms with Crippen LogP contribution < -0.4 is 0 Å². The van der Waals surface area contributed by atoms with E-state index >= 15 is 0 Å². The van der Waals surface area contributed by atoms with E-state index in [4.69, 9.17) is 0 Å². The van der Waals surface area contributed by atoms with Crippen molar-refractivity contribution in [3.05, 3.63) is 41.2 Å². The van der Waals surface area contributed by atoms with Crippen LogP contribution in [0.2, 0.25) is 0 Å². The quantitative estimate of drug-likeness (QED) is 0.869. The van der Waals surface area contributed by atoms with Crippen molar-refractivity contribution in [2.45, 2.75) is 39.7 Å². The van der Waals surface area contributed by atoms with E-state index in [0.717, 1.165) is 36.7 Å². The molecule has 0 spiro atoms. The first-order valence-electron chi connectivity index (χ1n) is 7.70. The van der Waals surface area contributed by atoms with E-state index in [1.807, 2.05) is 37.9 Å². The Bertz CT molecular complexity index is 673. The van der Waals surface area contributed by atoms with Crippen molar-refractivity contribution in [1.82, 2.24) is 24.6 Å². The van der Waals surface area contributed by atoms with E-state index in [-0.39, 0.29) is 11.8 Å². The van der Waals surface area contributed by atoms with Crippen LogP contribution in [0.5, 0.6) is 0 Å². The molecule has 6 heteroatoms. The van der Waals surface area contributed by atoms with Crippen molar-refractivity contribution in [2.24, 2.45) is 0 Å². The molecular weight excluding hydrogens is 278 g/mol. The molecule has 1 amide bonds. The number of likely N-dealkylation sites (tertiary alicyclic amines) is 1. The lowest BCUT2D eigenvalue weighted by Gasteiger charge is -2.15. The third-order valence-electron chi connectivity index (χ3n) is 4.04. The lowest BCUT2D eigenvalue weighted by molar-refractivity contribution is 0.0790. The summed E-state index contributed by atoms with van der Waals surface area (Å²) in [7, 11) is 0. The molecule has 3 heterocycles. The Labute approximate surface area is 130 Å². The standard InChI is InChI=1S/C16H21N5O/c1-4-21-10-14(8-17-21)16(22)20-6-5-13(9-20)15-18-11(2)7-12(3)19-15/h7-8,10,13H,4-6,9H2,1-3H3/t13-/m1/s1. The number of carbonyl (C=O) groups excluding carboxylic acids is 1. The van der Waals surface area contributed by atoms with Crippen molar-refractivity contribution in [3.8, 4) is 0 Å². The van der Waals surface area contributed by atoms with Gasteiger partial charge in [-0.25, -0.2) is 9.97 Å². The van der Waals surface area contributed by atoms with E-state index < -0.39 is 0 Å². The van der Waals surface area contributed by atoms with Crippen molar-refractivity contribution in [2.75, 3.05) is 13.1 Å². The third kappa shape index (κ3) is 2.86. The minimum Gasteiger partial charge on any atom is -0.338 e. The second kappa shape index (κ2) is 5.87. The molecule has 0 aliphatic carbocycles. The van der Waals surface area contributed by atoms with Crippen molar-refractivity contribution in [3.63, 3.8) is 0 Å². The minimum atomic E-state index is 0.0478. The summed E-state index contributed by atoms with van der Waals surface area (Å²) in [6.45, 7) is 8.16. The molecule has 6 nitrogen and oxygen atoms in total. The summed E-state index contributed by atoms with van der Waals surface area (Å²) < 4.78 is 1.77. The van der Waals surface area contributed by atoms with Gasteiger partial charge in [0.1, 0.15) is 5.82 Å². The van der Waals surface area contributed by atoms with E-state index in [2.05, 4.69) is 15.1 Å². The van der Waals surface area contributed by atoms with Crippen molar-refractivity contribution >= 4 is 5.91 Å². The van der Waals surface area contributed by atoms with E-state index in [1.54, 1.807) is 10.9 Å². The molecule has 0 bridgehead atoms. The maximum absolute atomic E-state index is 12.5. The number of rotatable bonds is 3. The summed E-state index contributed by atoms with van der Waals surface area (Å²) in [5.41, 5.74) is 2.62. The summed E-state index contributed by atoms with van der Waals surface area (Å²) in [5, 5.41) is 4.17. The zero-order valence-electron chi connectivity index (χ0n) is 13.3. The SMILES string of the molecule is CCn1cc(C(=O)N2CC[C@@H](c3nc(C)cc(C)n3)C2)cn1. The molecule has 1 atom stereocenters. The molecule has 22 heavy (non-hydrogen) atoms. The smallest absolute Gasteiger partial charge is 0.257 e. The Morgan fingerprint density at radius 1 is 1.32 bits per heavy atom. The largest absolute Gasteiger partial charge is 0.338 e. The van der Waals surface area contributed by atoms with Crippen LogP contribution in [0.3, 0.4) is 0 Å². The summed E-state index contributed by atoms with van der Waals surface area (Å²) in [5.74, 6) is 1.13. The van der Waals surface area contributed by atoms with Crippen LogP contribution in [0.15, 0.2) is 18.5 Å². The summed E-state index contributed by atoms with van der Waals surface area (Å²) in [6, 6.07) is 1.97. The Hall–Kier alpha value is -2.24. The summed E-state index contributed by atoms with van der Waals surface area (Å²) >= 11 is 0. The van der Waals surface area contributed by atoms with Gasteiger partial charge in [-0.15, -0.1) is 0 Å². The topological polar surface area (TPSA) is 63.9 Å². The molecule has 0 N–H and O–H groups in total. The molecule has 2 aromatic rings. The van der Waals surface area contributed by atoms with Gasteiger partial charge in [0.25, 0.3) is 5.91 Å². The normalized spacial score (nSPS) is 18.0. The van der Waals surface area contributed by atoms with Crippen molar-refractivity contribution < 1.29 is 4.79 Å². The van der Waals surface area contributed by atoms with Gasteiger partial charge in [0.05, 0.1) is 11.8 Å². The van der Waals surface area contributed by atoms with E-state index in [9.17, 15) is 4.79 Å². The Balaban J connectivity index is 1.72. The fourth-order valence-electron chi connectivity index (χ4n) is 2.92. The van der Waals surface area contributed by atoms with Gasteiger partial charge in [0.2, 0.25) is 0 Å². The molecule has 1 aliphatic heterocycles. The number of aromatic nitrogens is 4. The zero-order valence-corrected chi connectivity index (χ0v) is 13.3. The van der Waals surface area contributed by atoms with Crippen LogP contribution in [0, 0.1) is 13.8 Å². The fourth-order valence-corrected chi connectivity index (χ4v) is 2.92. The molecule has 0 unspecified atom stereocenters. The molecule has 116 valence electrons. The minimum absolute atomic E-state index is 0.0478. The fraction of sp³-hybridized carbons (Fsp3) is 0.500. The molecule has 0 aromatic carbocycles. The molecular formula is C16H21N5O. The average molecular weight is 299 g/mol. The van der Waals surface area contributed by atoms with Crippen LogP contribution in [-0.2, 0) is 6.54 Å². The lowest BCUT2D eigenvalue weighted by atomic mass is 10.1. The van der Waals surface area contributed by atoms with Crippen molar-refractivity contribution in [1.29, 1.82) is 0 Å². The number of nitrogens with zero attached hydrogens (tertiary/aromatic N) is 5. The molecule has 2 aromatic heterocycles. The number of amides is 1. The second-order valence-corrected chi connectivity index (χ2v) is 5.83. The predicted molar refractivity (Wildman–Crippen MR) is 82.7 cm³/mol. The zero-order chi connectivity index (χ0) is 15.7. The van der Waals surface area contributed by atoms with E-state index in [1.165, 1.54) is 0 Å². The third-order valence-corrected chi connectivity index (χ3v) is 4.04. The number of hydrogen-bond acceptors (Lipinski definition) is 4. The van der Waals surface area contributed by atoms with Gasteiger partial charge in [0.15, 0.2) is 0 Å². The first kappa shape index (κ1) is 14.7. The molecule has 0 radical (unpaired) electrons. The summed E-state index contributed by atoms with van der Waals surface area (Å²) in [4.78, 5) is 23.5. The van der Waals surface area contributed by atoms with Gasteiger partial charge in [0, 0.05) is 43.1 Å². The van der Waals surface area contributed by atoms with Gasteiger partial charge in [-0.1, -0.05) is 0 Å². The highest BCUT2D eigenvalue weighted by Gasteiger charge is 2.30. The Morgan fingerprint density at radius 2 is 2.05 bits per heavy atom. The molecule has 3 rings (SSSR count). The van der Waals surface area contributed by atoms with Gasteiger partial charge in [-0.2, -0.15) is 5.10 Å². The maximum Gasteiger partial charge on any atom is 0.257 e. The van der Waals surface area contributed by atoms with Gasteiger partial charge >= 0.3 is 0 Å². The van der Waals surface area contributed by atoms with Crippen LogP contribution in [0.4, 0.5) is 0 Å². The Morgan fingerprint density at radius 3 is 2.68 bits per heavy atom. The monoisotopic (exact) mass is 299 g/mol. The van der Waals surface area contributed by atoms with Crippen LogP contribution >= 0.6 is 0 Å². The number of hydrogen-bond donors (Lipinski definition) is 0. The van der Waals surface area contributed by atoms with Gasteiger partial charge in [-0.05, 0) is 33.3 Å². The molecule has 1 fully saturated rings. The van der Waals surface area contributed by atoms with Crippen LogP contribution in [-0.4, -0.2) is 43.6 Å². The molecule has 1 saturated heterocycles. The molecule has 0 saturated carbocycles. The highest BCUT2D eigenvalue weighted by Crippen LogP contribution is 2.26. The highest BCUT2D eigenvalue weighted by atomic mass is 16.2. The van der Waals surface area contributed by atoms with Crippen LogP contribution in [0.1, 0.15) is 46.8 Å². The highest BCUT2D eigenvalue weighted by molar-refractivity contribution is 5.94. The molecule has 1 aliphatic rings. The maximum atomic E-state index is 12.5. The van der Waals surface area contributed by atoms with Gasteiger partial charge in [-0.3, -0.25) is 9.48 Å². The number of carbonyl (C=O) groups is 1. The Kier molecular flexibility index (Phi) is 3.92.